The average molecular weight is 262 g/mol. The molecule has 3 rings (SSSR count). The van der Waals surface area contributed by atoms with Gasteiger partial charge in [0, 0.05) is 12.6 Å². The topological polar surface area (TPSA) is 30.2 Å². The van der Waals surface area contributed by atoms with Gasteiger partial charge in [-0.15, -0.1) is 0 Å². The predicted molar refractivity (Wildman–Crippen MR) is 67.2 cm³/mol. The molecule has 0 atom stereocenters. The molecule has 0 unspecified atom stereocenters. The van der Waals surface area contributed by atoms with Crippen LogP contribution in [0.2, 0.25) is 5.02 Å². The van der Waals surface area contributed by atoms with Crippen molar-refractivity contribution < 1.29 is 4.39 Å². The Morgan fingerprint density at radius 1 is 1.17 bits per heavy atom. The number of rotatable bonds is 2. The third-order valence-electron chi connectivity index (χ3n) is 2.65. The predicted octanol–water partition coefficient (Wildman–Crippen LogP) is 3.11. The second kappa shape index (κ2) is 4.38. The van der Waals surface area contributed by atoms with Crippen LogP contribution in [0, 0.1) is 5.82 Å². The lowest BCUT2D eigenvalue weighted by Gasteiger charge is -1.98. The number of hydrogen-bond acceptors (Lipinski definition) is 2. The Hall–Kier alpha value is -1.94. The summed E-state index contributed by atoms with van der Waals surface area (Å²) < 4.78 is 15.1. The van der Waals surface area contributed by atoms with Gasteiger partial charge in [-0.2, -0.15) is 5.10 Å². The molecule has 0 aliphatic carbocycles. The van der Waals surface area contributed by atoms with Crippen LogP contribution in [0.1, 0.15) is 11.4 Å². The van der Waals surface area contributed by atoms with Gasteiger partial charge < -0.3 is 0 Å². The van der Waals surface area contributed by atoms with Crippen LogP contribution in [0.5, 0.6) is 0 Å². The van der Waals surface area contributed by atoms with Crippen molar-refractivity contribution >= 4 is 17.2 Å². The summed E-state index contributed by atoms with van der Waals surface area (Å²) in [5.41, 5.74) is 1.28. The van der Waals surface area contributed by atoms with E-state index in [4.69, 9.17) is 11.6 Å². The average Bonchev–Trinajstić information content (AvgIpc) is 2.73. The lowest BCUT2D eigenvalue weighted by molar-refractivity contribution is 0.612. The van der Waals surface area contributed by atoms with E-state index in [1.807, 2.05) is 0 Å². The minimum atomic E-state index is -0.241. The van der Waals surface area contributed by atoms with Crippen LogP contribution in [0.15, 0.2) is 42.6 Å². The molecule has 5 heteroatoms. The van der Waals surface area contributed by atoms with E-state index in [-0.39, 0.29) is 5.82 Å². The fourth-order valence-corrected chi connectivity index (χ4v) is 1.95. The van der Waals surface area contributed by atoms with Gasteiger partial charge in [0.1, 0.15) is 5.82 Å². The van der Waals surface area contributed by atoms with Gasteiger partial charge in [-0.1, -0.05) is 29.8 Å². The normalized spacial score (nSPS) is 11.0. The van der Waals surface area contributed by atoms with Gasteiger partial charge in [-0.05, 0) is 23.8 Å². The van der Waals surface area contributed by atoms with E-state index in [1.54, 1.807) is 41.0 Å². The van der Waals surface area contributed by atoms with Gasteiger partial charge in [-0.3, -0.25) is 0 Å². The van der Waals surface area contributed by atoms with Gasteiger partial charge in [0.25, 0.3) is 0 Å². The number of hydrogen-bond donors (Lipinski definition) is 0. The third kappa shape index (κ3) is 2.07. The summed E-state index contributed by atoms with van der Waals surface area (Å²) >= 11 is 5.86. The molecule has 0 amide bonds. The Labute approximate surface area is 108 Å². The first kappa shape index (κ1) is 11.2. The lowest BCUT2D eigenvalue weighted by Crippen LogP contribution is -1.95. The van der Waals surface area contributed by atoms with Crippen molar-refractivity contribution in [2.75, 3.05) is 0 Å². The molecule has 2 aromatic heterocycles. The molecular weight excluding hydrogens is 253 g/mol. The van der Waals surface area contributed by atoms with Gasteiger partial charge in [0.2, 0.25) is 0 Å². The highest BCUT2D eigenvalue weighted by atomic mass is 35.5. The van der Waals surface area contributed by atoms with E-state index in [0.717, 1.165) is 0 Å². The zero-order valence-corrected chi connectivity index (χ0v) is 10.1. The molecule has 0 spiro atoms. The molecule has 3 aromatic rings. The lowest BCUT2D eigenvalue weighted by atomic mass is 10.1. The van der Waals surface area contributed by atoms with E-state index in [0.29, 0.717) is 28.5 Å². The minimum Gasteiger partial charge on any atom is -0.219 e. The molecule has 0 aliphatic rings. The van der Waals surface area contributed by atoms with Crippen molar-refractivity contribution in [2.45, 2.75) is 6.42 Å². The van der Waals surface area contributed by atoms with Crippen LogP contribution >= 0.6 is 11.6 Å². The number of pyridine rings is 1. The zero-order valence-electron chi connectivity index (χ0n) is 9.35. The second-order valence-corrected chi connectivity index (χ2v) is 4.38. The molecule has 2 heterocycles. The number of aromatic nitrogens is 3. The molecule has 1 aromatic carbocycles. The van der Waals surface area contributed by atoms with Crippen molar-refractivity contribution in [3.63, 3.8) is 0 Å². The molecular formula is C13H9ClFN3. The minimum absolute atomic E-state index is 0.241. The van der Waals surface area contributed by atoms with Gasteiger partial charge in [-0.25, -0.2) is 13.9 Å². The summed E-state index contributed by atoms with van der Waals surface area (Å²) in [6, 6.07) is 10.1. The molecule has 18 heavy (non-hydrogen) atoms. The van der Waals surface area contributed by atoms with Crippen LogP contribution in [-0.2, 0) is 6.42 Å². The molecule has 0 aliphatic heterocycles. The quantitative estimate of drug-likeness (QED) is 0.710. The number of fused-ring (bicyclic) bond motifs is 1. The first-order valence-electron chi connectivity index (χ1n) is 5.46. The molecule has 0 N–H and O–H groups in total. The summed E-state index contributed by atoms with van der Waals surface area (Å²) in [5, 5.41) is 4.85. The standard InChI is InChI=1S/C13H9ClFN3/c14-10-5-6-13-16-12(17-18(13)8-10)7-9-3-1-2-4-11(9)15/h1-6,8H,7H2. The molecule has 0 saturated heterocycles. The smallest absolute Gasteiger partial charge is 0.156 e. The van der Waals surface area contributed by atoms with Crippen LogP contribution in [-0.4, -0.2) is 14.6 Å². The molecule has 90 valence electrons. The highest BCUT2D eigenvalue weighted by Gasteiger charge is 2.07. The maximum atomic E-state index is 13.5. The summed E-state index contributed by atoms with van der Waals surface area (Å²) in [6.07, 6.45) is 2.04. The van der Waals surface area contributed by atoms with Gasteiger partial charge in [0.05, 0.1) is 5.02 Å². The van der Waals surface area contributed by atoms with Crippen LogP contribution in [0.25, 0.3) is 5.65 Å². The van der Waals surface area contributed by atoms with E-state index >= 15 is 0 Å². The van der Waals surface area contributed by atoms with E-state index < -0.39 is 0 Å². The first-order chi connectivity index (χ1) is 8.72. The Bertz CT molecular complexity index is 708. The SMILES string of the molecule is Fc1ccccc1Cc1nc2ccc(Cl)cn2n1. The Morgan fingerprint density at radius 2 is 2.00 bits per heavy atom. The monoisotopic (exact) mass is 261 g/mol. The van der Waals surface area contributed by atoms with E-state index in [9.17, 15) is 4.39 Å². The molecule has 0 radical (unpaired) electrons. The molecule has 0 saturated carbocycles. The maximum absolute atomic E-state index is 13.5. The van der Waals surface area contributed by atoms with Gasteiger partial charge >= 0.3 is 0 Å². The molecule has 0 fully saturated rings. The van der Waals surface area contributed by atoms with E-state index in [2.05, 4.69) is 10.1 Å². The maximum Gasteiger partial charge on any atom is 0.156 e. The van der Waals surface area contributed by atoms with Crippen molar-refractivity contribution in [1.82, 2.24) is 14.6 Å². The Balaban J connectivity index is 1.98. The third-order valence-corrected chi connectivity index (χ3v) is 2.87. The fraction of sp³-hybridized carbons (Fsp3) is 0.0769. The second-order valence-electron chi connectivity index (χ2n) is 3.95. The van der Waals surface area contributed by atoms with Crippen LogP contribution < -0.4 is 0 Å². The van der Waals surface area contributed by atoms with Crippen LogP contribution in [0.4, 0.5) is 4.39 Å². The van der Waals surface area contributed by atoms with Crippen molar-refractivity contribution in [3.05, 3.63) is 64.8 Å². The molecule has 0 bridgehead atoms. The van der Waals surface area contributed by atoms with Gasteiger partial charge in [0.15, 0.2) is 11.5 Å². The van der Waals surface area contributed by atoms with Crippen molar-refractivity contribution in [1.29, 1.82) is 0 Å². The summed E-state index contributed by atoms with van der Waals surface area (Å²) in [6.45, 7) is 0. The molecule has 3 nitrogen and oxygen atoms in total. The van der Waals surface area contributed by atoms with E-state index in [1.165, 1.54) is 6.07 Å². The summed E-state index contributed by atoms with van der Waals surface area (Å²) in [4.78, 5) is 4.32. The largest absolute Gasteiger partial charge is 0.219 e. The number of halogens is 2. The number of nitrogens with zero attached hydrogens (tertiary/aromatic N) is 3. The van der Waals surface area contributed by atoms with Crippen molar-refractivity contribution in [2.24, 2.45) is 0 Å². The fourth-order valence-electron chi connectivity index (χ4n) is 1.79. The summed E-state index contributed by atoms with van der Waals surface area (Å²) in [7, 11) is 0. The Morgan fingerprint density at radius 3 is 2.83 bits per heavy atom. The summed E-state index contributed by atoms with van der Waals surface area (Å²) in [5.74, 6) is 0.330. The number of benzene rings is 1. The first-order valence-corrected chi connectivity index (χ1v) is 5.84. The zero-order chi connectivity index (χ0) is 12.5. The Kier molecular flexibility index (Phi) is 2.72. The van der Waals surface area contributed by atoms with Crippen molar-refractivity contribution in [3.8, 4) is 0 Å². The highest BCUT2D eigenvalue weighted by Crippen LogP contribution is 2.13. The highest BCUT2D eigenvalue weighted by molar-refractivity contribution is 6.30. The van der Waals surface area contributed by atoms with Crippen LogP contribution in [0.3, 0.4) is 0 Å².